The predicted molar refractivity (Wildman–Crippen MR) is 88.3 cm³/mol. The van der Waals surface area contributed by atoms with E-state index in [4.69, 9.17) is 5.73 Å². The summed E-state index contributed by atoms with van der Waals surface area (Å²) in [5.74, 6) is 0.574. The molecular weight excluding hydrogens is 317 g/mol. The number of carbonyl (C=O) groups is 1. The van der Waals surface area contributed by atoms with Gasteiger partial charge in [-0.3, -0.25) is 4.79 Å². The van der Waals surface area contributed by atoms with Crippen molar-refractivity contribution in [1.29, 1.82) is 0 Å². The van der Waals surface area contributed by atoms with Gasteiger partial charge in [-0.1, -0.05) is 6.92 Å². The highest BCUT2D eigenvalue weighted by Gasteiger charge is 2.32. The lowest BCUT2D eigenvalue weighted by atomic mass is 10.1. The lowest BCUT2D eigenvalue weighted by Crippen LogP contribution is -2.33. The second-order valence-electron chi connectivity index (χ2n) is 5.01. The Labute approximate surface area is 137 Å². The Hall–Kier alpha value is -0.360. The van der Waals surface area contributed by atoms with Crippen molar-refractivity contribution < 1.29 is 4.79 Å². The van der Waals surface area contributed by atoms with Crippen LogP contribution in [0.15, 0.2) is 6.20 Å². The van der Waals surface area contributed by atoms with E-state index in [1.165, 1.54) is 11.3 Å². The molecule has 4 nitrogen and oxygen atoms in total. The lowest BCUT2D eigenvalue weighted by Gasteiger charge is -2.20. The lowest BCUT2D eigenvalue weighted by molar-refractivity contribution is 0.0748. The number of carbonyl (C=O) groups excluding carboxylic acids is 1. The van der Waals surface area contributed by atoms with Gasteiger partial charge < -0.3 is 10.6 Å². The highest BCUT2D eigenvalue weighted by Crippen LogP contribution is 2.26. The van der Waals surface area contributed by atoms with Crippen LogP contribution >= 0.6 is 36.2 Å². The minimum atomic E-state index is 0. The largest absolute Gasteiger partial charge is 0.335 e. The second-order valence-corrected chi connectivity index (χ2v) is 6.13. The molecule has 0 spiro atoms. The van der Waals surface area contributed by atoms with Crippen molar-refractivity contribution >= 4 is 42.1 Å². The Morgan fingerprint density at radius 1 is 1.55 bits per heavy atom. The standard InChI is InChI=1S/C13H21N3OS.2ClH/c1-3-4-12-15-7-11(18-12)13(17)16-8-10(6-14)5-9(16)2;;/h7,9-10H,3-6,8,14H2,1-2H3;2*1H. The maximum absolute atomic E-state index is 12.4. The van der Waals surface area contributed by atoms with Crippen LogP contribution in [0.5, 0.6) is 0 Å². The van der Waals surface area contributed by atoms with Gasteiger partial charge in [0.2, 0.25) is 0 Å². The van der Waals surface area contributed by atoms with Crippen LogP contribution in [-0.4, -0.2) is 34.9 Å². The third-order valence-electron chi connectivity index (χ3n) is 3.48. The number of aromatic nitrogens is 1. The van der Waals surface area contributed by atoms with Gasteiger partial charge >= 0.3 is 0 Å². The van der Waals surface area contributed by atoms with E-state index in [2.05, 4.69) is 18.8 Å². The van der Waals surface area contributed by atoms with Crippen molar-refractivity contribution in [3.8, 4) is 0 Å². The van der Waals surface area contributed by atoms with Gasteiger partial charge in [-0.05, 0) is 38.6 Å². The van der Waals surface area contributed by atoms with Gasteiger partial charge in [0.25, 0.3) is 5.91 Å². The molecule has 116 valence electrons. The zero-order valence-corrected chi connectivity index (χ0v) is 14.3. The number of thiazole rings is 1. The number of hydrogen-bond acceptors (Lipinski definition) is 4. The molecule has 1 aromatic rings. The van der Waals surface area contributed by atoms with Crippen molar-refractivity contribution in [2.75, 3.05) is 13.1 Å². The molecule has 0 aromatic carbocycles. The average Bonchev–Trinajstić information content (AvgIpc) is 2.95. The quantitative estimate of drug-likeness (QED) is 0.917. The summed E-state index contributed by atoms with van der Waals surface area (Å²) < 4.78 is 0. The Morgan fingerprint density at radius 3 is 2.80 bits per heavy atom. The SMILES string of the molecule is CCCc1ncc(C(=O)N2CC(CN)CC2C)s1.Cl.Cl. The van der Waals surface area contributed by atoms with Crippen molar-refractivity contribution in [3.05, 3.63) is 16.1 Å². The second kappa shape index (κ2) is 8.82. The van der Waals surface area contributed by atoms with Gasteiger partial charge in [-0.15, -0.1) is 36.2 Å². The zero-order valence-electron chi connectivity index (χ0n) is 11.9. The molecule has 1 aliphatic rings. The van der Waals surface area contributed by atoms with Crippen LogP contribution < -0.4 is 5.73 Å². The Bertz CT molecular complexity index is 428. The molecule has 1 aromatic heterocycles. The Balaban J connectivity index is 0.00000180. The summed E-state index contributed by atoms with van der Waals surface area (Å²) in [4.78, 5) is 19.4. The summed E-state index contributed by atoms with van der Waals surface area (Å²) >= 11 is 1.53. The summed E-state index contributed by atoms with van der Waals surface area (Å²) in [5.41, 5.74) is 5.69. The molecule has 2 atom stereocenters. The molecule has 2 heterocycles. The van der Waals surface area contributed by atoms with E-state index < -0.39 is 0 Å². The zero-order chi connectivity index (χ0) is 13.1. The minimum Gasteiger partial charge on any atom is -0.335 e. The number of halogens is 2. The smallest absolute Gasteiger partial charge is 0.265 e. The van der Waals surface area contributed by atoms with Crippen LogP contribution in [0, 0.1) is 5.92 Å². The summed E-state index contributed by atoms with van der Waals surface area (Å²) in [5, 5.41) is 1.06. The molecule has 0 radical (unpaired) electrons. The van der Waals surface area contributed by atoms with Gasteiger partial charge in [0.05, 0.1) is 11.2 Å². The third-order valence-corrected chi connectivity index (χ3v) is 4.53. The van der Waals surface area contributed by atoms with E-state index in [0.29, 0.717) is 18.5 Å². The van der Waals surface area contributed by atoms with Crippen LogP contribution in [0.2, 0.25) is 0 Å². The first kappa shape index (κ1) is 19.6. The Morgan fingerprint density at radius 2 is 2.25 bits per heavy atom. The molecule has 1 amide bonds. The molecule has 0 bridgehead atoms. The van der Waals surface area contributed by atoms with Gasteiger partial charge in [0, 0.05) is 12.6 Å². The summed E-state index contributed by atoms with van der Waals surface area (Å²) in [6.45, 7) is 5.67. The number of rotatable bonds is 4. The number of nitrogens with zero attached hydrogens (tertiary/aromatic N) is 2. The number of likely N-dealkylation sites (tertiary alicyclic amines) is 1. The van der Waals surface area contributed by atoms with E-state index in [1.54, 1.807) is 6.20 Å². The maximum Gasteiger partial charge on any atom is 0.265 e. The van der Waals surface area contributed by atoms with E-state index >= 15 is 0 Å². The highest BCUT2D eigenvalue weighted by atomic mass is 35.5. The average molecular weight is 340 g/mol. The molecule has 7 heteroatoms. The molecule has 2 rings (SSSR count). The first-order valence-electron chi connectivity index (χ1n) is 6.61. The third kappa shape index (κ3) is 4.32. The normalized spacial score (nSPS) is 21.2. The number of nitrogens with two attached hydrogens (primary N) is 1. The van der Waals surface area contributed by atoms with E-state index in [-0.39, 0.29) is 30.7 Å². The number of aryl methyl sites for hydroxylation is 1. The van der Waals surface area contributed by atoms with Crippen molar-refractivity contribution in [3.63, 3.8) is 0 Å². The van der Waals surface area contributed by atoms with Crippen LogP contribution in [0.25, 0.3) is 0 Å². The van der Waals surface area contributed by atoms with Crippen LogP contribution in [-0.2, 0) is 6.42 Å². The molecule has 0 saturated carbocycles. The van der Waals surface area contributed by atoms with Gasteiger partial charge in [-0.2, -0.15) is 0 Å². The molecule has 20 heavy (non-hydrogen) atoms. The predicted octanol–water partition coefficient (Wildman–Crippen LogP) is 2.75. The van der Waals surface area contributed by atoms with Gasteiger partial charge in [-0.25, -0.2) is 4.98 Å². The number of amides is 1. The van der Waals surface area contributed by atoms with Crippen molar-refractivity contribution in [2.45, 2.75) is 39.2 Å². The molecule has 0 aliphatic carbocycles. The fourth-order valence-corrected chi connectivity index (χ4v) is 3.45. The molecule has 1 saturated heterocycles. The minimum absolute atomic E-state index is 0. The fourth-order valence-electron chi connectivity index (χ4n) is 2.48. The van der Waals surface area contributed by atoms with E-state index in [0.717, 1.165) is 35.7 Å². The van der Waals surface area contributed by atoms with Crippen LogP contribution in [0.3, 0.4) is 0 Å². The fraction of sp³-hybridized carbons (Fsp3) is 0.692. The topological polar surface area (TPSA) is 59.2 Å². The molecule has 2 N–H and O–H groups in total. The van der Waals surface area contributed by atoms with Gasteiger partial charge in [0.15, 0.2) is 0 Å². The maximum atomic E-state index is 12.4. The van der Waals surface area contributed by atoms with Gasteiger partial charge in [0.1, 0.15) is 4.88 Å². The first-order valence-corrected chi connectivity index (χ1v) is 7.43. The highest BCUT2D eigenvalue weighted by molar-refractivity contribution is 7.13. The van der Waals surface area contributed by atoms with E-state index in [1.807, 2.05) is 4.90 Å². The summed E-state index contributed by atoms with van der Waals surface area (Å²) in [6, 6.07) is 0.294. The van der Waals surface area contributed by atoms with Crippen molar-refractivity contribution in [1.82, 2.24) is 9.88 Å². The van der Waals surface area contributed by atoms with Crippen molar-refractivity contribution in [2.24, 2.45) is 11.7 Å². The number of hydrogen-bond donors (Lipinski definition) is 1. The monoisotopic (exact) mass is 339 g/mol. The molecule has 2 unspecified atom stereocenters. The molecule has 1 aliphatic heterocycles. The summed E-state index contributed by atoms with van der Waals surface area (Å²) in [6.07, 6.45) is 4.76. The Kier molecular flexibility index (Phi) is 8.66. The molecular formula is C13H23Cl2N3OS. The van der Waals surface area contributed by atoms with Crippen LogP contribution in [0.1, 0.15) is 41.4 Å². The van der Waals surface area contributed by atoms with Crippen LogP contribution in [0.4, 0.5) is 0 Å². The molecule has 1 fully saturated rings. The summed E-state index contributed by atoms with van der Waals surface area (Å²) in [7, 11) is 0. The van der Waals surface area contributed by atoms with E-state index in [9.17, 15) is 4.79 Å². The first-order chi connectivity index (χ1) is 8.65.